The van der Waals surface area contributed by atoms with Gasteiger partial charge >= 0.3 is 12.1 Å². The van der Waals surface area contributed by atoms with Crippen LogP contribution in [0.1, 0.15) is 24.8 Å². The molecule has 0 aromatic heterocycles. The van der Waals surface area contributed by atoms with Crippen molar-refractivity contribution >= 4 is 11.9 Å². The number of hydrogen-bond acceptors (Lipinski definition) is 3. The van der Waals surface area contributed by atoms with Gasteiger partial charge in [-0.25, -0.2) is 0 Å². The van der Waals surface area contributed by atoms with Crippen LogP contribution in [0.4, 0.5) is 13.2 Å². The molecule has 1 saturated heterocycles. The van der Waals surface area contributed by atoms with Crippen molar-refractivity contribution in [3.63, 3.8) is 0 Å². The van der Waals surface area contributed by atoms with Gasteiger partial charge in [-0.3, -0.25) is 9.59 Å². The maximum Gasteiger partial charge on any atom is 0.422 e. The summed E-state index contributed by atoms with van der Waals surface area (Å²) in [5.74, 6) is -1.04. The van der Waals surface area contributed by atoms with Crippen LogP contribution in [-0.2, 0) is 16.0 Å². The van der Waals surface area contributed by atoms with Crippen LogP contribution in [-0.4, -0.2) is 47.8 Å². The van der Waals surface area contributed by atoms with Crippen molar-refractivity contribution in [2.24, 2.45) is 11.3 Å². The average Bonchev–Trinajstić information content (AvgIpc) is 3.11. The van der Waals surface area contributed by atoms with E-state index in [2.05, 4.69) is 0 Å². The number of benzene rings is 1. The van der Waals surface area contributed by atoms with Gasteiger partial charge < -0.3 is 14.7 Å². The lowest BCUT2D eigenvalue weighted by molar-refractivity contribution is -0.153. The van der Waals surface area contributed by atoms with Crippen LogP contribution in [0.5, 0.6) is 5.75 Å². The van der Waals surface area contributed by atoms with Gasteiger partial charge in [0, 0.05) is 13.1 Å². The second kappa shape index (κ2) is 6.81. The van der Waals surface area contributed by atoms with E-state index >= 15 is 0 Å². The first kappa shape index (κ1) is 18.5. The van der Waals surface area contributed by atoms with Crippen LogP contribution >= 0.6 is 0 Å². The Morgan fingerprint density at radius 2 is 2.12 bits per heavy atom. The number of aliphatic carboxylic acids is 1. The summed E-state index contributed by atoms with van der Waals surface area (Å²) in [6.45, 7) is -0.759. The number of ether oxygens (including phenoxy) is 1. The Bertz CT molecular complexity index is 706. The lowest BCUT2D eigenvalue weighted by Crippen LogP contribution is -2.37. The average molecular weight is 371 g/mol. The fraction of sp³-hybridized carbons (Fsp3) is 0.556. The Kier molecular flexibility index (Phi) is 4.86. The zero-order valence-corrected chi connectivity index (χ0v) is 14.1. The van der Waals surface area contributed by atoms with Crippen LogP contribution in [0.3, 0.4) is 0 Å². The van der Waals surface area contributed by atoms with E-state index in [0.29, 0.717) is 18.5 Å². The van der Waals surface area contributed by atoms with Crippen LogP contribution < -0.4 is 4.74 Å². The van der Waals surface area contributed by atoms with Gasteiger partial charge in [0.25, 0.3) is 0 Å². The summed E-state index contributed by atoms with van der Waals surface area (Å²) >= 11 is 0. The molecule has 1 saturated carbocycles. The number of alkyl halides is 3. The van der Waals surface area contributed by atoms with Crippen molar-refractivity contribution in [2.45, 2.75) is 31.9 Å². The molecule has 2 atom stereocenters. The summed E-state index contributed by atoms with van der Waals surface area (Å²) in [4.78, 5) is 25.8. The van der Waals surface area contributed by atoms with Gasteiger partial charge in [-0.05, 0) is 36.5 Å². The smallest absolute Gasteiger partial charge is 0.422 e. The Labute approximate surface area is 148 Å². The third-order valence-corrected chi connectivity index (χ3v) is 5.31. The molecule has 1 aromatic carbocycles. The van der Waals surface area contributed by atoms with Crippen LogP contribution in [0, 0.1) is 11.3 Å². The molecule has 5 nitrogen and oxygen atoms in total. The van der Waals surface area contributed by atoms with Crippen molar-refractivity contribution in [3.05, 3.63) is 29.8 Å². The lowest BCUT2D eigenvalue weighted by Gasteiger charge is -2.23. The van der Waals surface area contributed by atoms with E-state index in [1.54, 1.807) is 11.0 Å². The molecule has 1 N–H and O–H groups in total. The van der Waals surface area contributed by atoms with E-state index < -0.39 is 24.2 Å². The lowest BCUT2D eigenvalue weighted by atomic mass is 9.81. The van der Waals surface area contributed by atoms with Gasteiger partial charge in [-0.15, -0.1) is 0 Å². The molecule has 142 valence electrons. The predicted molar refractivity (Wildman–Crippen MR) is 85.7 cm³/mol. The highest BCUT2D eigenvalue weighted by Crippen LogP contribution is 2.48. The molecule has 2 fully saturated rings. The zero-order valence-electron chi connectivity index (χ0n) is 14.1. The second-order valence-corrected chi connectivity index (χ2v) is 7.05. The van der Waals surface area contributed by atoms with Crippen LogP contribution in [0.15, 0.2) is 24.3 Å². The Balaban J connectivity index is 1.63. The monoisotopic (exact) mass is 371 g/mol. The molecular weight excluding hydrogens is 351 g/mol. The highest BCUT2D eigenvalue weighted by Gasteiger charge is 2.55. The van der Waals surface area contributed by atoms with Gasteiger partial charge in [0.1, 0.15) is 5.75 Å². The fourth-order valence-corrected chi connectivity index (χ4v) is 4.03. The second-order valence-electron chi connectivity index (χ2n) is 7.05. The first-order valence-corrected chi connectivity index (χ1v) is 8.49. The molecule has 1 aromatic rings. The summed E-state index contributed by atoms with van der Waals surface area (Å²) in [5.41, 5.74) is -0.302. The molecule has 2 aliphatic rings. The molecule has 1 aliphatic heterocycles. The third kappa shape index (κ3) is 3.78. The number of halogens is 3. The van der Waals surface area contributed by atoms with Gasteiger partial charge in [-0.1, -0.05) is 18.6 Å². The van der Waals surface area contributed by atoms with Crippen molar-refractivity contribution in [1.82, 2.24) is 4.90 Å². The summed E-state index contributed by atoms with van der Waals surface area (Å²) in [5, 5.41) is 9.58. The molecule has 0 spiro atoms. The Morgan fingerprint density at radius 1 is 1.35 bits per heavy atom. The molecule has 0 bridgehead atoms. The number of carboxylic acids is 1. The summed E-state index contributed by atoms with van der Waals surface area (Å²) < 4.78 is 41.4. The van der Waals surface area contributed by atoms with Crippen molar-refractivity contribution in [3.8, 4) is 5.75 Å². The van der Waals surface area contributed by atoms with Crippen molar-refractivity contribution in [1.29, 1.82) is 0 Å². The quantitative estimate of drug-likeness (QED) is 0.864. The van der Waals surface area contributed by atoms with Crippen LogP contribution in [0.25, 0.3) is 0 Å². The SMILES string of the molecule is O=C(Cc1cccc(OCC(F)(F)F)c1)N1C[C@@H]2CCC[C@@]2(C(=O)O)C1. The molecule has 3 rings (SSSR count). The van der Waals surface area contributed by atoms with Crippen molar-refractivity contribution < 1.29 is 32.6 Å². The number of nitrogens with zero attached hydrogens (tertiary/aromatic N) is 1. The number of likely N-dealkylation sites (tertiary alicyclic amines) is 1. The number of carboxylic acid groups (broad SMARTS) is 1. The molecule has 0 unspecified atom stereocenters. The minimum absolute atomic E-state index is 0.00559. The van der Waals surface area contributed by atoms with E-state index in [1.165, 1.54) is 18.2 Å². The zero-order chi connectivity index (χ0) is 18.9. The van der Waals surface area contributed by atoms with Crippen LogP contribution in [0.2, 0.25) is 0 Å². The summed E-state index contributed by atoms with van der Waals surface area (Å²) in [7, 11) is 0. The van der Waals surface area contributed by atoms with Gasteiger partial charge in [0.2, 0.25) is 5.91 Å². The van der Waals surface area contributed by atoms with Gasteiger partial charge in [0.05, 0.1) is 11.8 Å². The van der Waals surface area contributed by atoms with E-state index in [0.717, 1.165) is 12.8 Å². The number of carbonyl (C=O) groups excluding carboxylic acids is 1. The fourth-order valence-electron chi connectivity index (χ4n) is 4.03. The number of carbonyl (C=O) groups is 2. The molecule has 1 aliphatic carbocycles. The highest BCUT2D eigenvalue weighted by atomic mass is 19.4. The molecule has 8 heteroatoms. The number of hydrogen-bond donors (Lipinski definition) is 1. The van der Waals surface area contributed by atoms with Gasteiger partial charge in [0.15, 0.2) is 6.61 Å². The molecule has 0 radical (unpaired) electrons. The van der Waals surface area contributed by atoms with Gasteiger partial charge in [-0.2, -0.15) is 13.2 Å². The van der Waals surface area contributed by atoms with E-state index in [4.69, 9.17) is 4.74 Å². The normalized spacial score (nSPS) is 25.2. The molecule has 1 heterocycles. The predicted octanol–water partition coefficient (Wildman–Crippen LogP) is 2.88. The maximum atomic E-state index is 12.6. The third-order valence-electron chi connectivity index (χ3n) is 5.31. The first-order chi connectivity index (χ1) is 12.2. The highest BCUT2D eigenvalue weighted by molar-refractivity contribution is 5.82. The topological polar surface area (TPSA) is 66.8 Å². The molecule has 1 amide bonds. The van der Waals surface area contributed by atoms with E-state index in [-0.39, 0.29) is 30.5 Å². The summed E-state index contributed by atoms with van der Waals surface area (Å²) in [6.07, 6.45) is -2.18. The summed E-state index contributed by atoms with van der Waals surface area (Å²) in [6, 6.07) is 5.99. The minimum atomic E-state index is -4.43. The largest absolute Gasteiger partial charge is 0.484 e. The number of rotatable bonds is 5. The first-order valence-electron chi connectivity index (χ1n) is 8.49. The molecule has 26 heavy (non-hydrogen) atoms. The van der Waals surface area contributed by atoms with E-state index in [9.17, 15) is 27.9 Å². The Morgan fingerprint density at radius 3 is 2.77 bits per heavy atom. The van der Waals surface area contributed by atoms with E-state index in [1.807, 2.05) is 0 Å². The number of fused-ring (bicyclic) bond motifs is 1. The number of amides is 1. The van der Waals surface area contributed by atoms with Crippen molar-refractivity contribution in [2.75, 3.05) is 19.7 Å². The standard InChI is InChI=1S/C18H20F3NO4/c19-18(20,21)11-26-14-5-1-3-12(7-14)8-15(23)22-9-13-4-2-6-17(13,10-22)16(24)25/h1,3,5,7,13H,2,4,6,8-11H2,(H,24,25)/t13-,17+/m0/s1. The Hall–Kier alpha value is -2.25. The minimum Gasteiger partial charge on any atom is -0.484 e. The maximum absolute atomic E-state index is 12.6. The molecular formula is C18H20F3NO4.